The summed E-state index contributed by atoms with van der Waals surface area (Å²) in [4.78, 5) is 14.3. The van der Waals surface area contributed by atoms with Gasteiger partial charge >= 0.3 is 0 Å². The molecule has 1 amide bonds. The summed E-state index contributed by atoms with van der Waals surface area (Å²) in [5.41, 5.74) is 5.08. The molecular weight excluding hydrogens is 216 g/mol. The normalized spacial score (nSPS) is 25.0. The number of hydrogen-bond donors (Lipinski definition) is 1. The Morgan fingerprint density at radius 1 is 1.53 bits per heavy atom. The van der Waals surface area contributed by atoms with E-state index in [4.69, 9.17) is 10.5 Å². The van der Waals surface area contributed by atoms with Gasteiger partial charge < -0.3 is 15.4 Å². The predicted octanol–water partition coefficient (Wildman–Crippen LogP) is 1.39. The Hall–Kier alpha value is -0.610. The van der Waals surface area contributed by atoms with Gasteiger partial charge in [0.05, 0.1) is 0 Å². The van der Waals surface area contributed by atoms with Crippen LogP contribution in [-0.4, -0.2) is 42.6 Å². The van der Waals surface area contributed by atoms with E-state index in [0.29, 0.717) is 26.2 Å². The van der Waals surface area contributed by atoms with Crippen molar-refractivity contribution in [2.45, 2.75) is 46.1 Å². The molecule has 100 valence electrons. The van der Waals surface area contributed by atoms with Gasteiger partial charge in [-0.15, -0.1) is 0 Å². The lowest BCUT2D eigenvalue weighted by molar-refractivity contribution is -0.152. The number of carbonyl (C=O) groups is 1. The highest BCUT2D eigenvalue weighted by Crippen LogP contribution is 2.28. The molecule has 4 heteroatoms. The third-order valence-electron chi connectivity index (χ3n) is 3.51. The molecule has 0 bridgehead atoms. The third-order valence-corrected chi connectivity index (χ3v) is 3.51. The highest BCUT2D eigenvalue weighted by molar-refractivity contribution is 5.85. The van der Waals surface area contributed by atoms with Crippen molar-refractivity contribution in [3.05, 3.63) is 0 Å². The molecule has 2 N–H and O–H groups in total. The predicted molar refractivity (Wildman–Crippen MR) is 68.7 cm³/mol. The number of carbonyl (C=O) groups excluding carboxylic acids is 1. The Morgan fingerprint density at radius 3 is 2.59 bits per heavy atom. The summed E-state index contributed by atoms with van der Waals surface area (Å²) in [6.45, 7) is 10.7. The van der Waals surface area contributed by atoms with Crippen molar-refractivity contribution < 1.29 is 9.53 Å². The van der Waals surface area contributed by atoms with Gasteiger partial charge in [-0.05, 0) is 38.6 Å². The van der Waals surface area contributed by atoms with Crippen LogP contribution in [0.4, 0.5) is 0 Å². The maximum atomic E-state index is 12.5. The fourth-order valence-corrected chi connectivity index (χ4v) is 2.19. The highest BCUT2D eigenvalue weighted by Gasteiger charge is 2.41. The maximum Gasteiger partial charge on any atom is 0.254 e. The number of ether oxygens (including phenoxy) is 1. The van der Waals surface area contributed by atoms with E-state index in [0.717, 1.165) is 12.8 Å². The lowest BCUT2D eigenvalue weighted by Crippen LogP contribution is -2.50. The molecule has 0 aromatic heterocycles. The van der Waals surface area contributed by atoms with E-state index in [1.807, 2.05) is 18.7 Å². The molecule has 1 fully saturated rings. The highest BCUT2D eigenvalue weighted by atomic mass is 16.5. The molecule has 1 atom stereocenters. The molecule has 17 heavy (non-hydrogen) atoms. The summed E-state index contributed by atoms with van der Waals surface area (Å²) in [7, 11) is 0. The molecule has 0 aromatic carbocycles. The zero-order chi connectivity index (χ0) is 13.1. The van der Waals surface area contributed by atoms with Crippen LogP contribution >= 0.6 is 0 Å². The molecule has 1 aliphatic heterocycles. The minimum atomic E-state index is -0.610. The Labute approximate surface area is 104 Å². The molecule has 0 radical (unpaired) electrons. The number of hydrogen-bond acceptors (Lipinski definition) is 3. The third kappa shape index (κ3) is 3.42. The Balaban J connectivity index is 2.70. The van der Waals surface area contributed by atoms with Gasteiger partial charge in [0.25, 0.3) is 5.91 Å². The molecule has 0 aliphatic carbocycles. The van der Waals surface area contributed by atoms with Crippen LogP contribution in [0, 0.1) is 5.41 Å². The van der Waals surface area contributed by atoms with Gasteiger partial charge in [-0.2, -0.15) is 0 Å². The van der Waals surface area contributed by atoms with Gasteiger partial charge in [-0.1, -0.05) is 13.8 Å². The largest absolute Gasteiger partial charge is 0.365 e. The van der Waals surface area contributed by atoms with Gasteiger partial charge in [0.2, 0.25) is 0 Å². The summed E-state index contributed by atoms with van der Waals surface area (Å²) in [6.07, 6.45) is 1.80. The average molecular weight is 242 g/mol. The second kappa shape index (κ2) is 5.36. The first-order valence-corrected chi connectivity index (χ1v) is 6.48. The summed E-state index contributed by atoms with van der Waals surface area (Å²) >= 11 is 0. The van der Waals surface area contributed by atoms with Crippen LogP contribution in [0.15, 0.2) is 0 Å². The monoisotopic (exact) mass is 242 g/mol. The molecule has 4 nitrogen and oxygen atoms in total. The standard InChI is InChI=1S/C13H26N2O2/c1-5-15(10-12(2,3)9-14)11(16)13(4)7-6-8-17-13/h5-10,14H2,1-4H3. The number of rotatable bonds is 5. The molecular formula is C13H26N2O2. The van der Waals surface area contributed by atoms with Crippen molar-refractivity contribution in [2.24, 2.45) is 11.1 Å². The quantitative estimate of drug-likeness (QED) is 0.792. The van der Waals surface area contributed by atoms with Gasteiger partial charge in [-0.25, -0.2) is 0 Å². The van der Waals surface area contributed by atoms with Crippen LogP contribution in [0.1, 0.15) is 40.5 Å². The maximum absolute atomic E-state index is 12.5. The van der Waals surface area contributed by atoms with Crippen LogP contribution < -0.4 is 5.73 Å². The molecule has 0 spiro atoms. The van der Waals surface area contributed by atoms with Crippen LogP contribution in [0.25, 0.3) is 0 Å². The fraction of sp³-hybridized carbons (Fsp3) is 0.923. The van der Waals surface area contributed by atoms with Gasteiger partial charge in [0.15, 0.2) is 0 Å². The van der Waals surface area contributed by atoms with Crippen molar-refractivity contribution in [1.29, 1.82) is 0 Å². The zero-order valence-corrected chi connectivity index (χ0v) is 11.6. The first kappa shape index (κ1) is 14.5. The van der Waals surface area contributed by atoms with Gasteiger partial charge in [0, 0.05) is 19.7 Å². The van der Waals surface area contributed by atoms with Crippen LogP contribution in [0.2, 0.25) is 0 Å². The van der Waals surface area contributed by atoms with E-state index in [9.17, 15) is 4.79 Å². The van der Waals surface area contributed by atoms with Crippen LogP contribution in [-0.2, 0) is 9.53 Å². The van der Waals surface area contributed by atoms with E-state index in [1.165, 1.54) is 0 Å². The minimum absolute atomic E-state index is 0.0410. The first-order chi connectivity index (χ1) is 7.84. The summed E-state index contributed by atoms with van der Waals surface area (Å²) in [5.74, 6) is 0.110. The SMILES string of the molecule is CCN(CC(C)(C)CN)C(=O)C1(C)CCCO1. The molecule has 1 rings (SSSR count). The van der Waals surface area contributed by atoms with Crippen molar-refractivity contribution in [3.8, 4) is 0 Å². The minimum Gasteiger partial charge on any atom is -0.365 e. The number of nitrogens with two attached hydrogens (primary N) is 1. The molecule has 0 aromatic rings. The Morgan fingerprint density at radius 2 is 2.18 bits per heavy atom. The van der Waals surface area contributed by atoms with Gasteiger partial charge in [0.1, 0.15) is 5.60 Å². The molecule has 0 saturated carbocycles. The fourth-order valence-electron chi connectivity index (χ4n) is 2.19. The summed E-state index contributed by atoms with van der Waals surface area (Å²) < 4.78 is 5.61. The van der Waals surface area contributed by atoms with E-state index >= 15 is 0 Å². The molecule has 1 heterocycles. The molecule has 1 aliphatic rings. The molecule has 1 unspecified atom stereocenters. The zero-order valence-electron chi connectivity index (χ0n) is 11.6. The van der Waals surface area contributed by atoms with Crippen molar-refractivity contribution >= 4 is 5.91 Å². The lowest BCUT2D eigenvalue weighted by atomic mass is 9.91. The molecule has 1 saturated heterocycles. The van der Waals surface area contributed by atoms with Gasteiger partial charge in [-0.3, -0.25) is 4.79 Å². The number of likely N-dealkylation sites (N-methyl/N-ethyl adjacent to an activating group) is 1. The van der Waals surface area contributed by atoms with Crippen LogP contribution in [0.3, 0.4) is 0 Å². The van der Waals surface area contributed by atoms with E-state index < -0.39 is 5.60 Å². The van der Waals surface area contributed by atoms with Crippen molar-refractivity contribution in [1.82, 2.24) is 4.90 Å². The number of amides is 1. The first-order valence-electron chi connectivity index (χ1n) is 6.48. The Kier molecular flexibility index (Phi) is 4.55. The van der Waals surface area contributed by atoms with Crippen molar-refractivity contribution in [3.63, 3.8) is 0 Å². The second-order valence-electron chi connectivity index (χ2n) is 5.87. The second-order valence-corrected chi connectivity index (χ2v) is 5.87. The number of nitrogens with zero attached hydrogens (tertiary/aromatic N) is 1. The average Bonchev–Trinajstić information content (AvgIpc) is 2.73. The van der Waals surface area contributed by atoms with Crippen LogP contribution in [0.5, 0.6) is 0 Å². The van der Waals surface area contributed by atoms with Crippen molar-refractivity contribution in [2.75, 3.05) is 26.2 Å². The van der Waals surface area contributed by atoms with E-state index in [2.05, 4.69) is 13.8 Å². The summed E-state index contributed by atoms with van der Waals surface area (Å²) in [6, 6.07) is 0. The topological polar surface area (TPSA) is 55.6 Å². The van der Waals surface area contributed by atoms with E-state index in [1.54, 1.807) is 0 Å². The van der Waals surface area contributed by atoms with E-state index in [-0.39, 0.29) is 11.3 Å². The smallest absolute Gasteiger partial charge is 0.254 e. The Bertz CT molecular complexity index is 271. The summed E-state index contributed by atoms with van der Waals surface area (Å²) in [5, 5.41) is 0. The lowest BCUT2D eigenvalue weighted by Gasteiger charge is -2.35.